The number of allylic oxidation sites excluding steroid dienone is 1. The Hall–Kier alpha value is -3.04. The van der Waals surface area contributed by atoms with Gasteiger partial charge in [0.25, 0.3) is 0 Å². The Morgan fingerprint density at radius 2 is 1.79 bits per heavy atom. The molecule has 1 heterocycles. The molecule has 0 spiro atoms. The van der Waals surface area contributed by atoms with E-state index in [-0.39, 0.29) is 5.78 Å². The Morgan fingerprint density at radius 1 is 1.00 bits per heavy atom. The van der Waals surface area contributed by atoms with E-state index in [9.17, 15) is 4.79 Å². The Morgan fingerprint density at radius 3 is 2.57 bits per heavy atom. The first-order valence-corrected chi connectivity index (χ1v) is 9.40. The predicted molar refractivity (Wildman–Crippen MR) is 111 cm³/mol. The molecule has 0 radical (unpaired) electrons. The number of aryl methyl sites for hydroxylation is 2. The smallest absolute Gasteiger partial charge is 0.231 e. The van der Waals surface area contributed by atoms with E-state index in [0.717, 1.165) is 11.1 Å². The first kappa shape index (κ1) is 18.3. The number of fused-ring (bicyclic) bond motifs is 1. The van der Waals surface area contributed by atoms with Crippen molar-refractivity contribution in [1.29, 1.82) is 0 Å². The molecule has 3 aromatic carbocycles. The second kappa shape index (κ2) is 7.53. The van der Waals surface area contributed by atoms with Crippen LogP contribution in [-0.2, 0) is 6.61 Å². The van der Waals surface area contributed by atoms with Crippen molar-refractivity contribution in [1.82, 2.24) is 0 Å². The molecule has 0 aliphatic carbocycles. The lowest BCUT2D eigenvalue weighted by Crippen LogP contribution is -1.99. The number of hydrogen-bond acceptors (Lipinski definition) is 3. The van der Waals surface area contributed by atoms with Crippen LogP contribution in [0.2, 0.25) is 5.02 Å². The molecule has 1 aliphatic rings. The average Bonchev–Trinajstić information content (AvgIpc) is 2.99. The van der Waals surface area contributed by atoms with E-state index in [4.69, 9.17) is 21.1 Å². The molecular weight excluding hydrogens is 372 g/mol. The van der Waals surface area contributed by atoms with Gasteiger partial charge in [-0.25, -0.2) is 0 Å². The van der Waals surface area contributed by atoms with Gasteiger partial charge in [-0.1, -0.05) is 47.5 Å². The number of halogens is 1. The minimum Gasteiger partial charge on any atom is -0.489 e. The third kappa shape index (κ3) is 3.80. The van der Waals surface area contributed by atoms with Crippen molar-refractivity contribution in [2.45, 2.75) is 20.5 Å². The average molecular weight is 391 g/mol. The summed E-state index contributed by atoms with van der Waals surface area (Å²) in [7, 11) is 0. The Labute approximate surface area is 169 Å². The fraction of sp³-hybridized carbons (Fsp3) is 0.125. The Balaban J connectivity index is 1.52. The summed E-state index contributed by atoms with van der Waals surface area (Å²) in [6.45, 7) is 4.59. The van der Waals surface area contributed by atoms with E-state index in [2.05, 4.69) is 32.0 Å². The van der Waals surface area contributed by atoms with Crippen molar-refractivity contribution in [3.8, 4) is 11.5 Å². The largest absolute Gasteiger partial charge is 0.489 e. The van der Waals surface area contributed by atoms with Gasteiger partial charge in [0.05, 0.1) is 5.56 Å². The molecule has 0 N–H and O–H groups in total. The number of ether oxygens (including phenoxy) is 2. The maximum Gasteiger partial charge on any atom is 0.231 e. The van der Waals surface area contributed by atoms with Crippen LogP contribution in [0.4, 0.5) is 0 Å². The second-order valence-electron chi connectivity index (χ2n) is 6.87. The number of carbonyl (C=O) groups excluding carboxylic acids is 1. The zero-order chi connectivity index (χ0) is 19.7. The SMILES string of the molecule is Cc1ccc(C)c(COc2ccc3c(c2)OC(=Cc2ccc(Cl)cc2)C3=O)c1. The van der Waals surface area contributed by atoms with E-state index in [1.807, 2.05) is 12.1 Å². The van der Waals surface area contributed by atoms with Crippen LogP contribution in [0.1, 0.15) is 32.6 Å². The van der Waals surface area contributed by atoms with Gasteiger partial charge in [-0.2, -0.15) is 0 Å². The normalized spacial score (nSPS) is 14.1. The highest BCUT2D eigenvalue weighted by molar-refractivity contribution is 6.30. The molecule has 4 rings (SSSR count). The molecule has 4 heteroatoms. The molecule has 3 nitrogen and oxygen atoms in total. The molecule has 0 bridgehead atoms. The van der Waals surface area contributed by atoms with Crippen LogP contribution < -0.4 is 9.47 Å². The van der Waals surface area contributed by atoms with Gasteiger partial charge in [-0.3, -0.25) is 4.79 Å². The van der Waals surface area contributed by atoms with Crippen molar-refractivity contribution in [3.05, 3.63) is 99.3 Å². The van der Waals surface area contributed by atoms with Crippen LogP contribution in [0.15, 0.2) is 66.4 Å². The minimum absolute atomic E-state index is 0.133. The summed E-state index contributed by atoms with van der Waals surface area (Å²) in [6.07, 6.45) is 1.72. The maximum atomic E-state index is 12.6. The van der Waals surface area contributed by atoms with Crippen LogP contribution in [0.5, 0.6) is 11.5 Å². The van der Waals surface area contributed by atoms with Gasteiger partial charge >= 0.3 is 0 Å². The molecule has 0 aromatic heterocycles. The van der Waals surface area contributed by atoms with Crippen LogP contribution in [0.3, 0.4) is 0 Å². The molecule has 0 atom stereocenters. The van der Waals surface area contributed by atoms with E-state index in [1.54, 1.807) is 36.4 Å². The van der Waals surface area contributed by atoms with E-state index in [0.29, 0.717) is 34.5 Å². The maximum absolute atomic E-state index is 12.6. The highest BCUT2D eigenvalue weighted by atomic mass is 35.5. The van der Waals surface area contributed by atoms with Crippen molar-refractivity contribution >= 4 is 23.5 Å². The lowest BCUT2D eigenvalue weighted by atomic mass is 10.1. The summed E-state index contributed by atoms with van der Waals surface area (Å²) in [4.78, 5) is 12.6. The van der Waals surface area contributed by atoms with Crippen LogP contribution >= 0.6 is 11.6 Å². The van der Waals surface area contributed by atoms with Crippen LogP contribution in [0.25, 0.3) is 6.08 Å². The molecule has 0 saturated carbocycles. The molecule has 0 saturated heterocycles. The number of Topliss-reactive ketones (excluding diaryl/α,β-unsaturated/α-hetero) is 1. The molecule has 3 aromatic rings. The molecule has 140 valence electrons. The summed E-state index contributed by atoms with van der Waals surface area (Å²) in [5.74, 6) is 1.35. The molecule has 0 fully saturated rings. The predicted octanol–water partition coefficient (Wildman–Crippen LogP) is 6.15. The van der Waals surface area contributed by atoms with E-state index < -0.39 is 0 Å². The first-order chi connectivity index (χ1) is 13.5. The van der Waals surface area contributed by atoms with E-state index in [1.165, 1.54) is 11.1 Å². The molecular formula is C24H19ClO3. The number of rotatable bonds is 4. The highest BCUT2D eigenvalue weighted by Crippen LogP contribution is 2.35. The molecule has 1 aliphatic heterocycles. The second-order valence-corrected chi connectivity index (χ2v) is 7.30. The standard InChI is InChI=1S/C24H19ClO3/c1-15-3-4-16(2)18(11-15)14-27-20-9-10-21-22(13-20)28-23(24(21)26)12-17-5-7-19(25)8-6-17/h3-13H,14H2,1-2H3. The zero-order valence-electron chi connectivity index (χ0n) is 15.7. The Bertz CT molecular complexity index is 1080. The highest BCUT2D eigenvalue weighted by Gasteiger charge is 2.27. The monoisotopic (exact) mass is 390 g/mol. The lowest BCUT2D eigenvalue weighted by Gasteiger charge is -2.10. The van der Waals surface area contributed by atoms with Gasteiger partial charge in [-0.05, 0) is 60.9 Å². The fourth-order valence-electron chi connectivity index (χ4n) is 3.08. The van der Waals surface area contributed by atoms with Crippen molar-refractivity contribution in [2.75, 3.05) is 0 Å². The zero-order valence-corrected chi connectivity index (χ0v) is 16.4. The van der Waals surface area contributed by atoms with Gasteiger partial charge in [0.15, 0.2) is 5.76 Å². The lowest BCUT2D eigenvalue weighted by molar-refractivity contribution is 0.101. The van der Waals surface area contributed by atoms with Gasteiger partial charge in [0.1, 0.15) is 18.1 Å². The summed E-state index contributed by atoms with van der Waals surface area (Å²) in [5.41, 5.74) is 4.92. The number of hydrogen-bond donors (Lipinski definition) is 0. The number of ketones is 1. The Kier molecular flexibility index (Phi) is 4.93. The van der Waals surface area contributed by atoms with Crippen molar-refractivity contribution in [3.63, 3.8) is 0 Å². The first-order valence-electron chi connectivity index (χ1n) is 9.02. The molecule has 0 unspecified atom stereocenters. The molecule has 0 amide bonds. The van der Waals surface area contributed by atoms with E-state index >= 15 is 0 Å². The number of carbonyl (C=O) groups is 1. The van der Waals surface area contributed by atoms with Gasteiger partial charge in [0.2, 0.25) is 5.78 Å². The van der Waals surface area contributed by atoms with Crippen LogP contribution in [-0.4, -0.2) is 5.78 Å². The quantitative estimate of drug-likeness (QED) is 0.501. The summed E-state index contributed by atoms with van der Waals surface area (Å²) < 4.78 is 11.7. The van der Waals surface area contributed by atoms with Gasteiger partial charge < -0.3 is 9.47 Å². The summed E-state index contributed by atoms with van der Waals surface area (Å²) >= 11 is 5.91. The third-order valence-electron chi connectivity index (χ3n) is 4.71. The topological polar surface area (TPSA) is 35.5 Å². The van der Waals surface area contributed by atoms with Crippen molar-refractivity contribution in [2.24, 2.45) is 0 Å². The van der Waals surface area contributed by atoms with Crippen LogP contribution in [0, 0.1) is 13.8 Å². The fourth-order valence-corrected chi connectivity index (χ4v) is 3.21. The summed E-state index contributed by atoms with van der Waals surface area (Å²) in [6, 6.07) is 18.8. The minimum atomic E-state index is -0.133. The van der Waals surface area contributed by atoms with Gasteiger partial charge in [0, 0.05) is 11.1 Å². The van der Waals surface area contributed by atoms with Crippen molar-refractivity contribution < 1.29 is 14.3 Å². The molecule has 28 heavy (non-hydrogen) atoms. The number of benzene rings is 3. The summed E-state index contributed by atoms with van der Waals surface area (Å²) in [5, 5.41) is 0.648. The van der Waals surface area contributed by atoms with Gasteiger partial charge in [-0.15, -0.1) is 0 Å². The third-order valence-corrected chi connectivity index (χ3v) is 4.96.